The summed E-state index contributed by atoms with van der Waals surface area (Å²) in [6.07, 6.45) is 6.30. The third kappa shape index (κ3) is 5.94. The zero-order valence-electron chi connectivity index (χ0n) is 19.1. The summed E-state index contributed by atoms with van der Waals surface area (Å²) in [5.41, 5.74) is 1.89. The quantitative estimate of drug-likeness (QED) is 0.437. The van der Waals surface area contributed by atoms with Gasteiger partial charge in [0.05, 0.1) is 13.7 Å². The Kier molecular flexibility index (Phi) is 6.97. The summed E-state index contributed by atoms with van der Waals surface area (Å²) in [5, 5.41) is 0. The van der Waals surface area contributed by atoms with Gasteiger partial charge < -0.3 is 14.4 Å². The van der Waals surface area contributed by atoms with Gasteiger partial charge in [-0.3, -0.25) is 4.57 Å². The Morgan fingerprint density at radius 3 is 2.50 bits per heavy atom. The molecule has 1 atom stereocenters. The molecule has 0 spiro atoms. The summed E-state index contributed by atoms with van der Waals surface area (Å²) >= 11 is 0. The van der Waals surface area contributed by atoms with Gasteiger partial charge in [0.2, 0.25) is 0 Å². The van der Waals surface area contributed by atoms with Crippen LogP contribution in [0.15, 0.2) is 42.5 Å². The fraction of sp³-hybridized carbons (Fsp3) is 0.538. The lowest BCUT2D eigenvalue weighted by atomic mass is 9.77. The van der Waals surface area contributed by atoms with Crippen LogP contribution in [0.25, 0.3) is 0 Å². The maximum Gasteiger partial charge on any atom is 0.197 e. The molecule has 0 amide bonds. The number of benzene rings is 2. The average Bonchev–Trinajstić information content (AvgIpc) is 3.54. The molecular weight excluding hydrogens is 426 g/mol. The Hall–Kier alpha value is -1.84. The van der Waals surface area contributed by atoms with Crippen LogP contribution in [0.2, 0.25) is 0 Å². The van der Waals surface area contributed by atoms with E-state index in [0.29, 0.717) is 37.7 Å². The van der Waals surface area contributed by atoms with Crippen LogP contribution in [-0.2, 0) is 16.7 Å². The average molecular weight is 461 g/mol. The van der Waals surface area contributed by atoms with E-state index in [9.17, 15) is 13.8 Å². The molecule has 2 aromatic carbocycles. The maximum absolute atomic E-state index is 14.9. The Bertz CT molecular complexity index is 974. The van der Waals surface area contributed by atoms with Gasteiger partial charge in [-0.25, -0.2) is 4.39 Å². The molecule has 2 aromatic rings. The van der Waals surface area contributed by atoms with Crippen molar-refractivity contribution < 1.29 is 23.3 Å². The van der Waals surface area contributed by atoms with Crippen LogP contribution in [0.3, 0.4) is 0 Å². The van der Waals surface area contributed by atoms with Crippen molar-refractivity contribution in [2.24, 2.45) is 5.92 Å². The summed E-state index contributed by atoms with van der Waals surface area (Å²) in [4.78, 5) is 9.52. The van der Waals surface area contributed by atoms with Crippen LogP contribution < -0.4 is 9.47 Å². The molecule has 1 unspecified atom stereocenters. The Morgan fingerprint density at radius 1 is 1.09 bits per heavy atom. The first-order chi connectivity index (χ1) is 15.3. The minimum atomic E-state index is -3.00. The zero-order valence-corrected chi connectivity index (χ0v) is 20.0. The summed E-state index contributed by atoms with van der Waals surface area (Å²) in [6.45, 7) is 2.07. The molecule has 1 N–H and O–H groups in total. The Morgan fingerprint density at radius 2 is 1.84 bits per heavy atom. The van der Waals surface area contributed by atoms with E-state index in [-0.39, 0.29) is 6.16 Å². The Balaban J connectivity index is 1.32. The fourth-order valence-corrected chi connectivity index (χ4v) is 5.45. The molecule has 4 rings (SSSR count). The van der Waals surface area contributed by atoms with Crippen LogP contribution >= 0.6 is 7.37 Å². The van der Waals surface area contributed by atoms with Crippen LogP contribution in [0.5, 0.6) is 11.5 Å². The molecule has 2 fully saturated rings. The molecule has 174 valence electrons. The van der Waals surface area contributed by atoms with Gasteiger partial charge in [0.25, 0.3) is 0 Å². The highest BCUT2D eigenvalue weighted by molar-refractivity contribution is 7.57. The molecule has 0 radical (unpaired) electrons. The zero-order chi connectivity index (χ0) is 22.8. The van der Waals surface area contributed by atoms with Crippen LogP contribution in [-0.4, -0.2) is 31.4 Å². The van der Waals surface area contributed by atoms with Gasteiger partial charge in [-0.05, 0) is 97.7 Å². The van der Waals surface area contributed by atoms with Gasteiger partial charge in [-0.15, -0.1) is 0 Å². The second-order valence-electron chi connectivity index (χ2n) is 9.62. The third-order valence-electron chi connectivity index (χ3n) is 6.92. The predicted molar refractivity (Wildman–Crippen MR) is 126 cm³/mol. The minimum Gasteiger partial charge on any atom is -0.497 e. The number of rotatable bonds is 9. The summed E-state index contributed by atoms with van der Waals surface area (Å²) in [5.74, 6) is 2.48. The molecule has 0 heterocycles. The van der Waals surface area contributed by atoms with E-state index in [1.54, 1.807) is 7.11 Å². The van der Waals surface area contributed by atoms with Crippen LogP contribution in [0.1, 0.15) is 61.1 Å². The summed E-state index contributed by atoms with van der Waals surface area (Å²) in [7, 11) is -1.34. The normalized spacial score (nSPS) is 23.9. The van der Waals surface area contributed by atoms with Gasteiger partial charge in [0.1, 0.15) is 17.2 Å². The number of ether oxygens (including phenoxy) is 2. The molecule has 2 aliphatic rings. The SMILES string of the molecule is COc1ccc(C2(F)CC2)c(C2CCC(COc3cccc(CCP(C)(=O)O)c3)CC2)c1. The molecule has 0 bridgehead atoms. The van der Waals surface area contributed by atoms with Crippen molar-refractivity contribution >= 4 is 7.37 Å². The molecule has 4 nitrogen and oxygen atoms in total. The summed E-state index contributed by atoms with van der Waals surface area (Å²) in [6, 6.07) is 13.7. The van der Waals surface area contributed by atoms with E-state index in [2.05, 4.69) is 0 Å². The van der Waals surface area contributed by atoms with Crippen LogP contribution in [0.4, 0.5) is 4.39 Å². The van der Waals surface area contributed by atoms with Crippen molar-refractivity contribution in [3.63, 3.8) is 0 Å². The highest BCUT2D eigenvalue weighted by Gasteiger charge is 2.47. The van der Waals surface area contributed by atoms with E-state index in [1.165, 1.54) is 6.66 Å². The topological polar surface area (TPSA) is 55.8 Å². The largest absolute Gasteiger partial charge is 0.497 e. The third-order valence-corrected chi connectivity index (χ3v) is 7.97. The number of methoxy groups -OCH3 is 1. The fourth-order valence-electron chi connectivity index (χ4n) is 4.77. The van der Waals surface area contributed by atoms with E-state index < -0.39 is 13.0 Å². The van der Waals surface area contributed by atoms with E-state index >= 15 is 0 Å². The smallest absolute Gasteiger partial charge is 0.197 e. The van der Waals surface area contributed by atoms with Crippen molar-refractivity contribution in [3.8, 4) is 11.5 Å². The lowest BCUT2D eigenvalue weighted by molar-refractivity contribution is 0.198. The second kappa shape index (κ2) is 9.57. The standard InChI is InChI=1S/C26H34FO4P/c1-30-22-10-11-25(26(27)13-14-26)24(17-22)21-8-6-20(7-9-21)18-31-23-5-3-4-19(16-23)12-15-32(2,28)29/h3-5,10-11,16-17,20-21H,6-9,12-15,18H2,1-2H3,(H,28,29). The van der Waals surface area contributed by atoms with Crippen molar-refractivity contribution in [1.29, 1.82) is 0 Å². The lowest BCUT2D eigenvalue weighted by Gasteiger charge is -2.30. The monoisotopic (exact) mass is 460 g/mol. The number of alkyl halides is 1. The highest BCUT2D eigenvalue weighted by Crippen LogP contribution is 2.53. The van der Waals surface area contributed by atoms with Gasteiger partial charge >= 0.3 is 0 Å². The molecule has 6 heteroatoms. The first-order valence-electron chi connectivity index (χ1n) is 11.6. The van der Waals surface area contributed by atoms with Crippen molar-refractivity contribution in [3.05, 3.63) is 59.2 Å². The molecular formula is C26H34FO4P. The number of hydrogen-bond acceptors (Lipinski definition) is 3. The molecule has 0 aliphatic heterocycles. The minimum absolute atomic E-state index is 0.285. The maximum atomic E-state index is 14.9. The number of hydrogen-bond donors (Lipinski definition) is 1. The lowest BCUT2D eigenvalue weighted by Crippen LogP contribution is -2.20. The van der Waals surface area contributed by atoms with Crippen molar-refractivity contribution in [2.75, 3.05) is 26.5 Å². The number of aryl methyl sites for hydroxylation is 1. The molecule has 2 saturated carbocycles. The summed E-state index contributed by atoms with van der Waals surface area (Å²) < 4.78 is 38.0. The molecule has 2 aliphatic carbocycles. The van der Waals surface area contributed by atoms with Gasteiger partial charge in [0.15, 0.2) is 7.37 Å². The highest BCUT2D eigenvalue weighted by atomic mass is 31.2. The Labute approximate surface area is 190 Å². The van der Waals surface area contributed by atoms with Crippen molar-refractivity contribution in [1.82, 2.24) is 0 Å². The molecule has 0 aromatic heterocycles. The number of halogens is 1. The van der Waals surface area contributed by atoms with Crippen LogP contribution in [0, 0.1) is 5.92 Å². The van der Waals surface area contributed by atoms with E-state index in [4.69, 9.17) is 9.47 Å². The first kappa shape index (κ1) is 23.3. The predicted octanol–water partition coefficient (Wildman–Crippen LogP) is 6.45. The first-order valence-corrected chi connectivity index (χ1v) is 13.9. The van der Waals surface area contributed by atoms with Gasteiger partial charge in [-0.1, -0.05) is 18.2 Å². The van der Waals surface area contributed by atoms with Gasteiger partial charge in [-0.2, -0.15) is 0 Å². The van der Waals surface area contributed by atoms with E-state index in [0.717, 1.165) is 53.9 Å². The van der Waals surface area contributed by atoms with Gasteiger partial charge in [0, 0.05) is 12.8 Å². The van der Waals surface area contributed by atoms with E-state index in [1.807, 2.05) is 42.5 Å². The molecule has 0 saturated heterocycles. The van der Waals surface area contributed by atoms with Crippen molar-refractivity contribution in [2.45, 2.75) is 56.5 Å². The molecule has 32 heavy (non-hydrogen) atoms. The second-order valence-corrected chi connectivity index (χ2v) is 12.2.